The van der Waals surface area contributed by atoms with Gasteiger partial charge in [-0.2, -0.15) is 0 Å². The van der Waals surface area contributed by atoms with Crippen LogP contribution in [0.1, 0.15) is 16.8 Å². The Bertz CT molecular complexity index is 2930. The van der Waals surface area contributed by atoms with E-state index < -0.39 is 42.4 Å². The molecule has 6 aromatic rings. The van der Waals surface area contributed by atoms with E-state index in [1.165, 1.54) is 29.7 Å². The van der Waals surface area contributed by atoms with E-state index in [-0.39, 0.29) is 27.8 Å². The van der Waals surface area contributed by atoms with E-state index in [1.807, 2.05) is 30.5 Å². The highest BCUT2D eigenvalue weighted by Crippen LogP contribution is 2.59. The lowest BCUT2D eigenvalue weighted by molar-refractivity contribution is -0.395. The summed E-state index contributed by atoms with van der Waals surface area (Å²) >= 11 is 10.2. The number of aromatic amines is 1. The maximum atomic E-state index is 12.4. The van der Waals surface area contributed by atoms with Crippen molar-refractivity contribution in [2.24, 2.45) is 0 Å². The number of non-ortho nitro benzene ring substituents is 2. The predicted molar refractivity (Wildman–Crippen MR) is 235 cm³/mol. The van der Waals surface area contributed by atoms with Crippen molar-refractivity contribution in [3.63, 3.8) is 0 Å². The monoisotopic (exact) mass is 867 g/mol. The maximum Gasteiger partial charge on any atom is 0.284 e. The largest absolute Gasteiger partial charge is 0.360 e. The van der Waals surface area contributed by atoms with Gasteiger partial charge in [0.25, 0.3) is 22.7 Å². The standard InChI is InChI=1S/C38H21N5O8S6/c1-52-37-38(53-2)57-36(56-37)31-21-9-5-3-7-19(21)30(20-8-4-6-10-22(20)31)35-54-29-16-39-26(34(29)55-35)15-23-24-11-17(40(44)45)13-27(42(48)49)32(24)33-25(23)12-18(41(46)47)14-28(33)43(50)51/h3-16,39H,1-2H3. The van der Waals surface area contributed by atoms with Crippen molar-refractivity contribution in [2.75, 3.05) is 12.5 Å². The van der Waals surface area contributed by atoms with Gasteiger partial charge in [0.05, 0.1) is 70.5 Å². The van der Waals surface area contributed by atoms with Gasteiger partial charge >= 0.3 is 0 Å². The second-order valence-electron chi connectivity index (χ2n) is 12.6. The first-order valence-corrected chi connectivity index (χ1v) is 22.3. The first-order chi connectivity index (χ1) is 27.5. The normalized spacial score (nSPS) is 14.4. The molecular formula is C38H21N5O8S6. The Hall–Kier alpha value is -5.18. The zero-order chi connectivity index (χ0) is 39.9. The fourth-order valence-corrected chi connectivity index (χ4v) is 15.1. The summed E-state index contributed by atoms with van der Waals surface area (Å²) in [5.74, 6) is 0. The minimum absolute atomic E-state index is 0.0193. The molecule has 0 radical (unpaired) electrons. The summed E-state index contributed by atoms with van der Waals surface area (Å²) in [6.07, 6.45) is 7.61. The Kier molecular flexibility index (Phi) is 9.40. The Morgan fingerprint density at radius 1 is 0.596 bits per heavy atom. The van der Waals surface area contributed by atoms with Crippen LogP contribution in [0.4, 0.5) is 22.7 Å². The fourth-order valence-electron chi connectivity index (χ4n) is 7.32. The van der Waals surface area contributed by atoms with Gasteiger partial charge in [-0.3, -0.25) is 40.5 Å². The third kappa shape index (κ3) is 6.02. The van der Waals surface area contributed by atoms with Gasteiger partial charge in [0.2, 0.25) is 0 Å². The predicted octanol–water partition coefficient (Wildman–Crippen LogP) is 10.9. The summed E-state index contributed by atoms with van der Waals surface area (Å²) in [6, 6.07) is 20.4. The molecule has 0 unspecified atom stereocenters. The second-order valence-corrected chi connectivity index (χ2v) is 19.3. The topological polar surface area (TPSA) is 188 Å². The van der Waals surface area contributed by atoms with Gasteiger partial charge in [-0.15, -0.1) is 23.5 Å². The number of nitro benzene ring substituents is 4. The molecule has 0 fully saturated rings. The SMILES string of the molecule is CSC1=C(SC)SC(=c2c3ccccc3c(=C3Sc4c[nH]c(C=C5c6cc([N+](=O)[O-])cc([N+](=O)[O-])c6-c6c5cc([N+](=O)[O-])cc6[N+](=O)[O-])c4S3)c3ccccc23)S1. The summed E-state index contributed by atoms with van der Waals surface area (Å²) in [4.78, 5) is 50.4. The van der Waals surface area contributed by atoms with Gasteiger partial charge in [0, 0.05) is 44.8 Å². The summed E-state index contributed by atoms with van der Waals surface area (Å²) in [7, 11) is 0. The number of fused-ring (bicyclic) bond motifs is 6. The average molecular weight is 868 g/mol. The smallest absolute Gasteiger partial charge is 0.284 e. The molecule has 19 heteroatoms. The van der Waals surface area contributed by atoms with Crippen LogP contribution < -0.4 is 10.4 Å². The lowest BCUT2D eigenvalue weighted by atomic mass is 9.99. The number of nitrogens with one attached hydrogen (secondary N) is 1. The summed E-state index contributed by atoms with van der Waals surface area (Å²) < 4.78 is 4.77. The number of nitro groups is 4. The van der Waals surface area contributed by atoms with Crippen LogP contribution in [0.25, 0.3) is 52.8 Å². The Morgan fingerprint density at radius 2 is 1.04 bits per heavy atom. The van der Waals surface area contributed by atoms with E-state index >= 15 is 0 Å². The minimum atomic E-state index is -0.841. The second kappa shape index (κ2) is 14.3. The minimum Gasteiger partial charge on any atom is -0.360 e. The van der Waals surface area contributed by atoms with Crippen molar-refractivity contribution in [3.05, 3.63) is 155 Å². The molecule has 1 aliphatic carbocycles. The first-order valence-electron chi connectivity index (χ1n) is 16.6. The molecular weight excluding hydrogens is 847 g/mol. The van der Waals surface area contributed by atoms with Gasteiger partial charge in [0.1, 0.15) is 0 Å². The molecule has 5 aromatic carbocycles. The Balaban J connectivity index is 1.27. The Morgan fingerprint density at radius 3 is 1.44 bits per heavy atom. The van der Waals surface area contributed by atoms with E-state index in [9.17, 15) is 40.5 Å². The molecule has 3 aliphatic rings. The molecule has 13 nitrogen and oxygen atoms in total. The highest BCUT2D eigenvalue weighted by atomic mass is 32.3. The van der Waals surface area contributed by atoms with E-state index in [0.29, 0.717) is 5.69 Å². The van der Waals surface area contributed by atoms with Crippen molar-refractivity contribution in [1.29, 1.82) is 0 Å². The summed E-state index contributed by atoms with van der Waals surface area (Å²) in [5, 5.41) is 55.3. The van der Waals surface area contributed by atoms with Crippen molar-refractivity contribution < 1.29 is 19.7 Å². The number of benzene rings is 5. The quantitative estimate of drug-likeness (QED) is 0.0905. The molecule has 1 N–H and O–H groups in total. The number of rotatable bonds is 7. The summed E-state index contributed by atoms with van der Waals surface area (Å²) in [6.45, 7) is 0. The van der Waals surface area contributed by atoms with Crippen molar-refractivity contribution in [3.8, 4) is 11.1 Å². The summed E-state index contributed by atoms with van der Waals surface area (Å²) in [5.41, 5.74) is -2.47. The molecule has 57 heavy (non-hydrogen) atoms. The molecule has 0 spiro atoms. The van der Waals surface area contributed by atoms with E-state index in [4.69, 9.17) is 0 Å². The zero-order valence-electron chi connectivity index (χ0n) is 29.1. The maximum absolute atomic E-state index is 12.4. The third-order valence-corrected chi connectivity index (χ3v) is 17.4. The molecule has 0 saturated heterocycles. The van der Waals surface area contributed by atoms with Crippen LogP contribution in [0, 0.1) is 40.5 Å². The third-order valence-electron chi connectivity index (χ3n) is 9.61. The van der Waals surface area contributed by atoms with E-state index in [2.05, 4.69) is 41.8 Å². The van der Waals surface area contributed by atoms with Crippen LogP contribution in [0.3, 0.4) is 0 Å². The number of H-pyrrole nitrogens is 1. The van der Waals surface area contributed by atoms with Gasteiger partial charge in [-0.1, -0.05) is 95.6 Å². The number of aromatic nitrogens is 1. The lowest BCUT2D eigenvalue weighted by Gasteiger charge is -2.11. The molecule has 3 heterocycles. The number of hydrogen-bond donors (Lipinski definition) is 1. The van der Waals surface area contributed by atoms with Crippen molar-refractivity contribution in [1.82, 2.24) is 4.98 Å². The van der Waals surface area contributed by atoms with Crippen molar-refractivity contribution >= 4 is 135 Å². The number of hydrogen-bond acceptors (Lipinski definition) is 14. The van der Waals surface area contributed by atoms with E-state index in [1.54, 1.807) is 64.9 Å². The van der Waals surface area contributed by atoms with Gasteiger partial charge in [0.15, 0.2) is 0 Å². The molecule has 1 aromatic heterocycles. The van der Waals surface area contributed by atoms with Gasteiger partial charge in [-0.25, -0.2) is 0 Å². The van der Waals surface area contributed by atoms with Crippen LogP contribution >= 0.6 is 70.6 Å². The zero-order valence-corrected chi connectivity index (χ0v) is 34.0. The lowest BCUT2D eigenvalue weighted by Crippen LogP contribution is -2.16. The molecule has 9 rings (SSSR count). The van der Waals surface area contributed by atoms with Crippen LogP contribution in [0.2, 0.25) is 0 Å². The molecule has 282 valence electrons. The van der Waals surface area contributed by atoms with Crippen LogP contribution in [0.5, 0.6) is 0 Å². The number of nitrogens with zero attached hydrogens (tertiary/aromatic N) is 4. The molecule has 0 amide bonds. The molecule has 0 atom stereocenters. The van der Waals surface area contributed by atoms with Crippen LogP contribution in [0.15, 0.2) is 97.3 Å². The highest BCUT2D eigenvalue weighted by molar-refractivity contribution is 8.45. The molecule has 2 aliphatic heterocycles. The number of thioether (sulfide) groups is 6. The Labute approximate surface area is 346 Å². The average Bonchev–Trinajstić information content (AvgIpc) is 3.98. The molecule has 0 bridgehead atoms. The van der Waals surface area contributed by atoms with Gasteiger partial charge < -0.3 is 4.98 Å². The van der Waals surface area contributed by atoms with Gasteiger partial charge in [-0.05, 0) is 45.7 Å². The van der Waals surface area contributed by atoms with Crippen molar-refractivity contribution in [2.45, 2.75) is 9.79 Å². The first kappa shape index (κ1) is 37.4. The van der Waals surface area contributed by atoms with Crippen LogP contribution in [-0.4, -0.2) is 37.2 Å². The van der Waals surface area contributed by atoms with Crippen LogP contribution in [-0.2, 0) is 0 Å². The highest BCUT2D eigenvalue weighted by Gasteiger charge is 2.41. The fraction of sp³-hybridized carbons (Fsp3) is 0.0526. The molecule has 0 saturated carbocycles. The van der Waals surface area contributed by atoms with E-state index in [0.717, 1.165) is 65.1 Å².